The molecular weight excluding hydrogens is 877 g/mol. The monoisotopic (exact) mass is 937 g/mol. The fourth-order valence-corrected chi connectivity index (χ4v) is 7.40. The molecule has 1 aromatic heterocycles. The second-order valence-electron chi connectivity index (χ2n) is 17.4. The van der Waals surface area contributed by atoms with Crippen LogP contribution >= 0.6 is 0 Å². The molecule has 6 amide bonds. The number of carboxylic acids is 1. The number of rotatable bonds is 26. The van der Waals surface area contributed by atoms with Crippen molar-refractivity contribution in [2.45, 2.75) is 110 Å². The highest BCUT2D eigenvalue weighted by Gasteiger charge is 2.38. The maximum atomic E-state index is 15.2. The Balaban J connectivity index is 1.85. The largest absolute Gasteiger partial charge is 0.481 e. The van der Waals surface area contributed by atoms with Crippen molar-refractivity contribution < 1.29 is 62.1 Å². The van der Waals surface area contributed by atoms with E-state index in [0.29, 0.717) is 11.3 Å². The average Bonchev–Trinajstić information content (AvgIpc) is 3.67. The number of hydrogen-bond donors (Lipinski definition) is 7. The molecule has 1 heterocycles. The van der Waals surface area contributed by atoms with Crippen LogP contribution in [0.2, 0.25) is 0 Å². The molecule has 0 saturated heterocycles. The zero-order chi connectivity index (χ0) is 50.2. The summed E-state index contributed by atoms with van der Waals surface area (Å²) in [5, 5.41) is 28.8. The molecule has 0 bridgehead atoms. The normalized spacial score (nSPS) is 13.5. The molecule has 2 aromatic carbocycles. The Labute approximate surface area is 387 Å². The first-order valence-corrected chi connectivity index (χ1v) is 21.7. The third-order valence-electron chi connectivity index (χ3n) is 10.9. The van der Waals surface area contributed by atoms with Crippen molar-refractivity contribution in [2.24, 2.45) is 17.1 Å². The van der Waals surface area contributed by atoms with E-state index in [1.165, 1.54) is 25.8 Å². The summed E-state index contributed by atoms with van der Waals surface area (Å²) in [7, 11) is 1.30. The van der Waals surface area contributed by atoms with Gasteiger partial charge >= 0.3 is 5.97 Å². The van der Waals surface area contributed by atoms with Crippen LogP contribution in [0.3, 0.4) is 0 Å². The number of hydrogen-bond acceptors (Lipinski definition) is 10. The Hall–Kier alpha value is -6.83. The van der Waals surface area contributed by atoms with Crippen molar-refractivity contribution in [1.82, 2.24) is 30.7 Å². The second-order valence-corrected chi connectivity index (χ2v) is 17.4. The van der Waals surface area contributed by atoms with Crippen molar-refractivity contribution in [3.05, 3.63) is 83.7 Å². The standard InChI is InChI=1S/C47H61F2N7O11/c1-27(20-38(59)28(2)52-40(61)16-13-32(58)14-17-42(63)64)44(65)54-36(23-39(50)60)46(67)53-35(45(66)51-6)18-19-56(41(62)26-57)43(47(3,4)5)37-21-30(33-22-31(48)12-15-34(33)49)25-55(37)24-29-10-8-7-9-11-29/h7-12,15,21-22,25,27-28,35-36,43,57H,13-14,16-20,23-24,26H2,1-6H3,(H2,50,60)(H,51,66)(H,52,61)(H,53,67)(H,54,65)(H,63,64)/t27-,28+,35+,36+,43+/m1/s1. The third-order valence-corrected chi connectivity index (χ3v) is 10.9. The Kier molecular flexibility index (Phi) is 20.5. The van der Waals surface area contributed by atoms with Gasteiger partial charge in [0.15, 0.2) is 5.78 Å². The lowest BCUT2D eigenvalue weighted by Crippen LogP contribution is -2.56. The Morgan fingerprint density at radius 1 is 0.806 bits per heavy atom. The number of carbonyl (C=O) groups is 9. The van der Waals surface area contributed by atoms with Crippen LogP contribution in [-0.2, 0) is 49.7 Å². The van der Waals surface area contributed by atoms with Gasteiger partial charge in [-0.1, -0.05) is 58.0 Å². The minimum absolute atomic E-state index is 0.0285. The summed E-state index contributed by atoms with van der Waals surface area (Å²) >= 11 is 0. The van der Waals surface area contributed by atoms with E-state index in [1.54, 1.807) is 16.8 Å². The predicted molar refractivity (Wildman–Crippen MR) is 240 cm³/mol. The highest BCUT2D eigenvalue weighted by Crippen LogP contribution is 2.41. The van der Waals surface area contributed by atoms with E-state index >= 15 is 4.39 Å². The number of halogens is 2. The van der Waals surface area contributed by atoms with Gasteiger partial charge in [0.25, 0.3) is 0 Å². The number of Topliss-reactive ketones (excluding diaryl/α,β-unsaturated/α-hetero) is 2. The van der Waals surface area contributed by atoms with Crippen molar-refractivity contribution in [2.75, 3.05) is 20.2 Å². The molecule has 0 aliphatic rings. The zero-order valence-corrected chi connectivity index (χ0v) is 38.5. The van der Waals surface area contributed by atoms with E-state index in [4.69, 9.17) is 10.8 Å². The van der Waals surface area contributed by atoms with Crippen LogP contribution in [0.25, 0.3) is 11.1 Å². The van der Waals surface area contributed by atoms with E-state index in [-0.39, 0.29) is 50.8 Å². The molecule has 8 N–H and O–H groups in total. The smallest absolute Gasteiger partial charge is 0.303 e. The number of nitrogens with one attached hydrogen (secondary N) is 4. The second kappa shape index (κ2) is 25.2. The number of nitrogens with two attached hydrogens (primary N) is 1. The molecular formula is C47H61F2N7O11. The van der Waals surface area contributed by atoms with Gasteiger partial charge in [-0.2, -0.15) is 0 Å². The van der Waals surface area contributed by atoms with Gasteiger partial charge in [0, 0.05) is 74.8 Å². The van der Waals surface area contributed by atoms with Crippen LogP contribution in [0.1, 0.15) is 96.9 Å². The topological polar surface area (TPSA) is 276 Å². The van der Waals surface area contributed by atoms with E-state index < -0.39 is 120 Å². The lowest BCUT2D eigenvalue weighted by molar-refractivity contribution is -0.140. The van der Waals surface area contributed by atoms with Crippen LogP contribution in [-0.4, -0.2) is 111 Å². The molecule has 67 heavy (non-hydrogen) atoms. The Bertz CT molecular complexity index is 2280. The summed E-state index contributed by atoms with van der Waals surface area (Å²) in [6, 6.07) is 8.92. The number of benzene rings is 2. The first-order chi connectivity index (χ1) is 31.4. The van der Waals surface area contributed by atoms with Gasteiger partial charge in [-0.15, -0.1) is 0 Å². The van der Waals surface area contributed by atoms with Gasteiger partial charge in [0.2, 0.25) is 35.4 Å². The number of carboxylic acid groups (broad SMARTS) is 1. The van der Waals surface area contributed by atoms with Gasteiger partial charge < -0.3 is 46.7 Å². The number of carbonyl (C=O) groups excluding carboxylic acids is 8. The summed E-state index contributed by atoms with van der Waals surface area (Å²) in [5.74, 6) is -9.62. The van der Waals surface area contributed by atoms with Gasteiger partial charge in [-0.05, 0) is 48.6 Å². The minimum Gasteiger partial charge on any atom is -0.481 e. The third kappa shape index (κ3) is 16.8. The predicted octanol–water partition coefficient (Wildman–Crippen LogP) is 2.68. The summed E-state index contributed by atoms with van der Waals surface area (Å²) in [5.41, 5.74) is 6.22. The van der Waals surface area contributed by atoms with E-state index in [0.717, 1.165) is 23.8 Å². The lowest BCUT2D eigenvalue weighted by Gasteiger charge is -2.41. The molecule has 0 aliphatic heterocycles. The quantitative estimate of drug-likeness (QED) is 0.0615. The van der Waals surface area contributed by atoms with Gasteiger partial charge in [0.1, 0.15) is 36.1 Å². The Morgan fingerprint density at radius 2 is 1.45 bits per heavy atom. The average molecular weight is 938 g/mol. The van der Waals surface area contributed by atoms with Crippen molar-refractivity contribution >= 4 is 53.0 Å². The van der Waals surface area contributed by atoms with Gasteiger partial charge in [0.05, 0.1) is 24.9 Å². The first kappa shape index (κ1) is 54.5. The summed E-state index contributed by atoms with van der Waals surface area (Å²) < 4.78 is 31.5. The molecule has 20 heteroatoms. The van der Waals surface area contributed by atoms with Crippen LogP contribution in [0.5, 0.6) is 0 Å². The maximum absolute atomic E-state index is 15.2. The van der Waals surface area contributed by atoms with Crippen LogP contribution in [0, 0.1) is 23.0 Å². The van der Waals surface area contributed by atoms with Crippen LogP contribution in [0.15, 0.2) is 60.8 Å². The minimum atomic E-state index is -1.63. The van der Waals surface area contributed by atoms with E-state index in [1.807, 2.05) is 51.1 Å². The molecule has 0 saturated carbocycles. The van der Waals surface area contributed by atoms with Gasteiger partial charge in [-0.25, -0.2) is 8.78 Å². The molecule has 5 atom stereocenters. The maximum Gasteiger partial charge on any atom is 0.303 e. The van der Waals surface area contributed by atoms with E-state index in [2.05, 4.69) is 21.3 Å². The Morgan fingerprint density at radius 3 is 2.04 bits per heavy atom. The number of primary amides is 1. The number of nitrogens with zero attached hydrogens (tertiary/aromatic N) is 2. The highest BCUT2D eigenvalue weighted by atomic mass is 19.1. The summed E-state index contributed by atoms with van der Waals surface area (Å²) in [4.78, 5) is 116. The molecule has 0 radical (unpaired) electrons. The molecule has 3 aromatic rings. The molecule has 3 rings (SSSR count). The van der Waals surface area contributed by atoms with Crippen molar-refractivity contribution in [3.63, 3.8) is 0 Å². The molecule has 0 aliphatic carbocycles. The number of likely N-dealkylation sites (N-methyl/N-ethyl adjacent to an activating group) is 1. The van der Waals surface area contributed by atoms with Crippen LogP contribution in [0.4, 0.5) is 8.78 Å². The molecule has 0 spiro atoms. The molecule has 0 fully saturated rings. The number of ketones is 2. The van der Waals surface area contributed by atoms with Crippen LogP contribution < -0.4 is 27.0 Å². The highest BCUT2D eigenvalue weighted by molar-refractivity contribution is 5.97. The summed E-state index contributed by atoms with van der Waals surface area (Å²) in [6.07, 6.45) is -0.911. The summed E-state index contributed by atoms with van der Waals surface area (Å²) in [6.45, 7) is 7.25. The number of aliphatic carboxylic acids is 1. The number of aliphatic hydroxyl groups excluding tert-OH is 1. The first-order valence-electron chi connectivity index (χ1n) is 21.7. The molecule has 18 nitrogen and oxygen atoms in total. The fraction of sp³-hybridized carbons (Fsp3) is 0.468. The van der Waals surface area contributed by atoms with Crippen molar-refractivity contribution in [3.8, 4) is 11.1 Å². The molecule has 0 unspecified atom stereocenters. The lowest BCUT2D eigenvalue weighted by atomic mass is 9.82. The van der Waals surface area contributed by atoms with E-state index in [9.17, 15) is 52.6 Å². The van der Waals surface area contributed by atoms with Gasteiger partial charge in [-0.3, -0.25) is 43.2 Å². The molecule has 364 valence electrons. The zero-order valence-electron chi connectivity index (χ0n) is 38.5. The fourth-order valence-electron chi connectivity index (χ4n) is 7.40. The van der Waals surface area contributed by atoms with Crippen molar-refractivity contribution in [1.29, 1.82) is 0 Å². The number of aliphatic hydroxyl groups is 1. The number of amides is 6. The SMILES string of the molecule is CNC(=O)[C@H](CCN(C(=O)CO)[C@@H](c1cc(-c2cc(F)ccc2F)cn1Cc1ccccc1)C(C)(C)C)NC(=O)[C@H](CC(N)=O)NC(=O)[C@H](C)CC(=O)[C@H](C)NC(=O)CCC(=O)CCC(=O)O. The number of aromatic nitrogens is 1.